The molecule has 1 aliphatic heterocycles. The van der Waals surface area contributed by atoms with E-state index in [9.17, 15) is 0 Å². The molecule has 1 aromatic rings. The van der Waals surface area contributed by atoms with Crippen molar-refractivity contribution in [1.29, 1.82) is 0 Å². The van der Waals surface area contributed by atoms with E-state index < -0.39 is 0 Å². The summed E-state index contributed by atoms with van der Waals surface area (Å²) in [5.74, 6) is 3.54. The monoisotopic (exact) mass is 237 g/mol. The molecule has 1 aromatic carbocycles. The van der Waals surface area contributed by atoms with Crippen molar-refractivity contribution in [1.82, 2.24) is 5.32 Å². The van der Waals surface area contributed by atoms with Crippen LogP contribution in [0.25, 0.3) is 0 Å². The zero-order valence-electron chi connectivity index (χ0n) is 9.74. The van der Waals surface area contributed by atoms with E-state index >= 15 is 0 Å². The molecule has 0 spiro atoms. The van der Waals surface area contributed by atoms with Crippen LogP contribution in [0.15, 0.2) is 24.3 Å². The van der Waals surface area contributed by atoms with Crippen molar-refractivity contribution in [2.75, 3.05) is 25.2 Å². The number of ether oxygens (including phenoxy) is 1. The molecule has 0 radical (unpaired) electrons. The Hall–Kier alpha value is -0.670. The van der Waals surface area contributed by atoms with E-state index in [0.29, 0.717) is 0 Å². The van der Waals surface area contributed by atoms with Gasteiger partial charge in [-0.2, -0.15) is 11.8 Å². The predicted molar refractivity (Wildman–Crippen MR) is 70.4 cm³/mol. The lowest BCUT2D eigenvalue weighted by Crippen LogP contribution is -2.30. The minimum atomic E-state index is 0.732. The number of thioether (sulfide) groups is 1. The van der Waals surface area contributed by atoms with Crippen LogP contribution in [0.2, 0.25) is 0 Å². The highest BCUT2D eigenvalue weighted by Gasteiger charge is 2.13. The van der Waals surface area contributed by atoms with Crippen LogP contribution in [0, 0.1) is 0 Å². The van der Waals surface area contributed by atoms with Crippen LogP contribution < -0.4 is 10.1 Å². The van der Waals surface area contributed by atoms with Gasteiger partial charge in [0.1, 0.15) is 5.75 Å². The van der Waals surface area contributed by atoms with Crippen LogP contribution in [-0.2, 0) is 6.42 Å². The zero-order chi connectivity index (χ0) is 11.2. The van der Waals surface area contributed by atoms with Crippen molar-refractivity contribution in [3.63, 3.8) is 0 Å². The Balaban J connectivity index is 1.75. The van der Waals surface area contributed by atoms with Gasteiger partial charge in [-0.15, -0.1) is 0 Å². The van der Waals surface area contributed by atoms with Gasteiger partial charge in [0.05, 0.1) is 7.11 Å². The van der Waals surface area contributed by atoms with Crippen LogP contribution >= 0.6 is 11.8 Å². The third kappa shape index (κ3) is 3.42. The molecular formula is C13H19NOS. The second-order valence-electron chi connectivity index (χ2n) is 4.12. The van der Waals surface area contributed by atoms with Gasteiger partial charge >= 0.3 is 0 Å². The highest BCUT2D eigenvalue weighted by Crippen LogP contribution is 2.17. The minimum absolute atomic E-state index is 0.732. The summed E-state index contributed by atoms with van der Waals surface area (Å²) >= 11 is 2.05. The first-order valence-electron chi connectivity index (χ1n) is 5.82. The molecule has 0 aromatic heterocycles. The number of rotatable bonds is 5. The van der Waals surface area contributed by atoms with E-state index in [0.717, 1.165) is 24.8 Å². The SMILES string of the molecule is COc1cccc(CCNC2CCSC2)c1. The van der Waals surface area contributed by atoms with Gasteiger partial charge in [0.15, 0.2) is 0 Å². The van der Waals surface area contributed by atoms with Crippen molar-refractivity contribution >= 4 is 11.8 Å². The van der Waals surface area contributed by atoms with Crippen LogP contribution in [0.5, 0.6) is 5.75 Å². The number of hydrogen-bond acceptors (Lipinski definition) is 3. The van der Waals surface area contributed by atoms with Gasteiger partial charge in [0.25, 0.3) is 0 Å². The van der Waals surface area contributed by atoms with Crippen molar-refractivity contribution in [2.45, 2.75) is 18.9 Å². The quantitative estimate of drug-likeness (QED) is 0.849. The van der Waals surface area contributed by atoms with Crippen LogP contribution in [0.1, 0.15) is 12.0 Å². The van der Waals surface area contributed by atoms with Crippen LogP contribution in [-0.4, -0.2) is 31.2 Å². The average molecular weight is 237 g/mol. The van der Waals surface area contributed by atoms with Crippen molar-refractivity contribution in [3.05, 3.63) is 29.8 Å². The lowest BCUT2D eigenvalue weighted by Gasteiger charge is -2.11. The standard InChI is InChI=1S/C13H19NOS/c1-15-13-4-2-3-11(9-13)5-7-14-12-6-8-16-10-12/h2-4,9,12,14H,5-8,10H2,1H3. The molecule has 1 saturated heterocycles. The summed E-state index contributed by atoms with van der Waals surface area (Å²) in [6.07, 6.45) is 2.40. The Bertz CT molecular complexity index is 323. The molecule has 2 rings (SSSR count). The van der Waals surface area contributed by atoms with Gasteiger partial charge in [0, 0.05) is 11.8 Å². The maximum atomic E-state index is 5.21. The number of nitrogens with one attached hydrogen (secondary N) is 1. The van der Waals surface area contributed by atoms with Gasteiger partial charge in [-0.1, -0.05) is 12.1 Å². The second kappa shape index (κ2) is 6.16. The molecule has 1 heterocycles. The molecule has 0 amide bonds. The van der Waals surface area contributed by atoms with E-state index in [4.69, 9.17) is 4.74 Å². The largest absolute Gasteiger partial charge is 0.497 e. The molecule has 0 aliphatic carbocycles. The van der Waals surface area contributed by atoms with E-state index in [1.165, 1.54) is 23.5 Å². The third-order valence-electron chi connectivity index (χ3n) is 2.91. The summed E-state index contributed by atoms with van der Waals surface area (Å²) in [6.45, 7) is 1.07. The summed E-state index contributed by atoms with van der Waals surface area (Å²) in [5, 5.41) is 3.61. The molecular weight excluding hydrogens is 218 g/mol. The Morgan fingerprint density at radius 1 is 1.50 bits per heavy atom. The highest BCUT2D eigenvalue weighted by molar-refractivity contribution is 7.99. The van der Waals surface area contributed by atoms with Gasteiger partial charge in [-0.25, -0.2) is 0 Å². The van der Waals surface area contributed by atoms with E-state index in [-0.39, 0.29) is 0 Å². The van der Waals surface area contributed by atoms with Gasteiger partial charge in [-0.05, 0) is 42.8 Å². The number of benzene rings is 1. The Morgan fingerprint density at radius 3 is 3.19 bits per heavy atom. The molecule has 2 nitrogen and oxygen atoms in total. The van der Waals surface area contributed by atoms with Gasteiger partial charge in [-0.3, -0.25) is 0 Å². The molecule has 0 saturated carbocycles. The first-order chi connectivity index (χ1) is 7.88. The number of methoxy groups -OCH3 is 1. The van der Waals surface area contributed by atoms with Crippen LogP contribution in [0.3, 0.4) is 0 Å². The average Bonchev–Trinajstić information content (AvgIpc) is 2.82. The molecule has 1 atom stereocenters. The summed E-state index contributed by atoms with van der Waals surface area (Å²) in [7, 11) is 1.72. The molecule has 3 heteroatoms. The minimum Gasteiger partial charge on any atom is -0.497 e. The maximum Gasteiger partial charge on any atom is 0.119 e. The van der Waals surface area contributed by atoms with Crippen LogP contribution in [0.4, 0.5) is 0 Å². The lowest BCUT2D eigenvalue weighted by atomic mass is 10.1. The molecule has 16 heavy (non-hydrogen) atoms. The van der Waals surface area contributed by atoms with E-state index in [2.05, 4.69) is 35.3 Å². The topological polar surface area (TPSA) is 21.3 Å². The molecule has 1 aliphatic rings. The highest BCUT2D eigenvalue weighted by atomic mass is 32.2. The smallest absolute Gasteiger partial charge is 0.119 e. The molecule has 0 bridgehead atoms. The molecule has 1 N–H and O–H groups in total. The zero-order valence-corrected chi connectivity index (χ0v) is 10.6. The Morgan fingerprint density at radius 2 is 2.44 bits per heavy atom. The summed E-state index contributed by atoms with van der Waals surface area (Å²) < 4.78 is 5.21. The van der Waals surface area contributed by atoms with Crippen molar-refractivity contribution < 1.29 is 4.74 Å². The van der Waals surface area contributed by atoms with E-state index in [1.54, 1.807) is 7.11 Å². The summed E-state index contributed by atoms with van der Waals surface area (Å²) in [5.41, 5.74) is 1.34. The molecule has 1 unspecified atom stereocenters. The fourth-order valence-corrected chi connectivity index (χ4v) is 3.13. The number of hydrogen-bond donors (Lipinski definition) is 1. The second-order valence-corrected chi connectivity index (χ2v) is 5.27. The van der Waals surface area contributed by atoms with E-state index in [1.807, 2.05) is 6.07 Å². The first-order valence-corrected chi connectivity index (χ1v) is 6.98. The Kier molecular flexibility index (Phi) is 4.55. The predicted octanol–water partition coefficient (Wildman–Crippen LogP) is 2.33. The first kappa shape index (κ1) is 11.8. The maximum absolute atomic E-state index is 5.21. The normalized spacial score (nSPS) is 19.9. The van der Waals surface area contributed by atoms with Gasteiger partial charge in [0.2, 0.25) is 0 Å². The van der Waals surface area contributed by atoms with Crippen molar-refractivity contribution in [2.24, 2.45) is 0 Å². The fourth-order valence-electron chi connectivity index (χ4n) is 1.94. The molecule has 88 valence electrons. The third-order valence-corrected chi connectivity index (χ3v) is 4.07. The fraction of sp³-hybridized carbons (Fsp3) is 0.538. The molecule has 1 fully saturated rings. The summed E-state index contributed by atoms with van der Waals surface area (Å²) in [6, 6.07) is 9.05. The summed E-state index contributed by atoms with van der Waals surface area (Å²) in [4.78, 5) is 0. The lowest BCUT2D eigenvalue weighted by molar-refractivity contribution is 0.414. The Labute approximate surface area is 102 Å². The van der Waals surface area contributed by atoms with Crippen molar-refractivity contribution in [3.8, 4) is 5.75 Å². The van der Waals surface area contributed by atoms with Gasteiger partial charge < -0.3 is 10.1 Å².